The molecule has 5 nitrogen and oxygen atoms in total. The third-order valence-corrected chi connectivity index (χ3v) is 5.88. The van der Waals surface area contributed by atoms with Gasteiger partial charge in [-0.25, -0.2) is 0 Å². The number of rotatable bonds is 6. The number of aromatic nitrogens is 1. The Hall–Kier alpha value is -3.47. The van der Waals surface area contributed by atoms with Crippen LogP contribution in [0.15, 0.2) is 72.8 Å². The van der Waals surface area contributed by atoms with Crippen LogP contribution < -0.4 is 5.73 Å². The molecule has 31 heavy (non-hydrogen) atoms. The zero-order valence-corrected chi connectivity index (χ0v) is 17.5. The summed E-state index contributed by atoms with van der Waals surface area (Å²) in [5.41, 5.74) is 9.74. The van der Waals surface area contributed by atoms with Gasteiger partial charge in [0.15, 0.2) is 0 Å². The molecular weight excluding hydrogens is 386 g/mol. The second-order valence-electron chi connectivity index (χ2n) is 8.06. The van der Waals surface area contributed by atoms with E-state index in [9.17, 15) is 9.59 Å². The number of pyridine rings is 1. The maximum atomic E-state index is 12.8. The Labute approximate surface area is 182 Å². The Morgan fingerprint density at radius 3 is 2.61 bits per heavy atom. The van der Waals surface area contributed by atoms with Crippen molar-refractivity contribution in [1.29, 1.82) is 0 Å². The van der Waals surface area contributed by atoms with E-state index >= 15 is 0 Å². The van der Waals surface area contributed by atoms with E-state index < -0.39 is 5.91 Å². The molecule has 1 aliphatic rings. The third-order valence-electron chi connectivity index (χ3n) is 5.88. The average molecular weight is 414 g/mol. The average Bonchev–Trinajstić information content (AvgIpc) is 2.83. The highest BCUT2D eigenvalue weighted by molar-refractivity contribution is 5.94. The quantitative estimate of drug-likeness (QED) is 0.658. The first-order chi connectivity index (χ1) is 15.1. The van der Waals surface area contributed by atoms with Gasteiger partial charge in [-0.2, -0.15) is 0 Å². The van der Waals surface area contributed by atoms with Crippen LogP contribution in [0, 0.1) is 0 Å². The number of likely N-dealkylation sites (tertiary alicyclic amines) is 1. The van der Waals surface area contributed by atoms with Crippen molar-refractivity contribution in [1.82, 2.24) is 9.88 Å². The Bertz CT molecular complexity index is 1070. The van der Waals surface area contributed by atoms with E-state index in [1.165, 1.54) is 5.56 Å². The van der Waals surface area contributed by atoms with Crippen LogP contribution in [0.4, 0.5) is 0 Å². The van der Waals surface area contributed by atoms with Crippen LogP contribution in [-0.4, -0.2) is 34.8 Å². The highest BCUT2D eigenvalue weighted by atomic mass is 16.2. The molecule has 2 heterocycles. The van der Waals surface area contributed by atoms with E-state index in [1.54, 1.807) is 12.1 Å². The monoisotopic (exact) mass is 413 g/mol. The predicted molar refractivity (Wildman–Crippen MR) is 122 cm³/mol. The molecule has 0 saturated carbocycles. The van der Waals surface area contributed by atoms with Gasteiger partial charge in [-0.3, -0.25) is 14.6 Å². The highest BCUT2D eigenvalue weighted by Gasteiger charge is 2.25. The molecule has 0 aliphatic carbocycles. The fourth-order valence-corrected chi connectivity index (χ4v) is 4.17. The molecule has 3 aromatic rings. The van der Waals surface area contributed by atoms with Crippen molar-refractivity contribution in [3.05, 3.63) is 89.6 Å². The molecule has 1 fully saturated rings. The van der Waals surface area contributed by atoms with E-state index in [0.717, 1.165) is 42.8 Å². The largest absolute Gasteiger partial charge is 0.366 e. The minimum absolute atomic E-state index is 0.207. The molecule has 0 bridgehead atoms. The topological polar surface area (TPSA) is 76.3 Å². The number of carbonyl (C=O) groups excluding carboxylic acids is 2. The van der Waals surface area contributed by atoms with Crippen molar-refractivity contribution in [2.75, 3.05) is 13.1 Å². The van der Waals surface area contributed by atoms with Crippen molar-refractivity contribution < 1.29 is 9.59 Å². The number of primary amides is 1. The predicted octanol–water partition coefficient (Wildman–Crippen LogP) is 4.19. The van der Waals surface area contributed by atoms with Gasteiger partial charge in [-0.15, -0.1) is 0 Å². The molecule has 1 aromatic heterocycles. The molecule has 1 saturated heterocycles. The first-order valence-corrected chi connectivity index (χ1v) is 10.8. The Morgan fingerprint density at radius 1 is 1.00 bits per heavy atom. The van der Waals surface area contributed by atoms with Crippen LogP contribution in [0.2, 0.25) is 0 Å². The van der Waals surface area contributed by atoms with Gasteiger partial charge in [0.25, 0.3) is 0 Å². The number of amides is 2. The smallest absolute Gasteiger partial charge is 0.248 e. The van der Waals surface area contributed by atoms with E-state index in [0.29, 0.717) is 18.5 Å². The number of carbonyl (C=O) groups is 2. The Kier molecular flexibility index (Phi) is 6.41. The van der Waals surface area contributed by atoms with E-state index in [-0.39, 0.29) is 11.8 Å². The first kappa shape index (κ1) is 20.8. The maximum absolute atomic E-state index is 12.8. The maximum Gasteiger partial charge on any atom is 0.248 e. The summed E-state index contributed by atoms with van der Waals surface area (Å²) in [5, 5.41) is 0. The van der Waals surface area contributed by atoms with Crippen molar-refractivity contribution in [3.63, 3.8) is 0 Å². The zero-order chi connectivity index (χ0) is 21.6. The van der Waals surface area contributed by atoms with E-state index in [4.69, 9.17) is 10.7 Å². The molecular formula is C26H27N3O2. The lowest BCUT2D eigenvalue weighted by atomic mass is 9.93. The number of nitrogens with zero attached hydrogens (tertiary/aromatic N) is 2. The molecule has 0 spiro atoms. The van der Waals surface area contributed by atoms with Gasteiger partial charge in [0.05, 0.1) is 5.69 Å². The molecule has 1 aliphatic heterocycles. The number of nitrogens with two attached hydrogens (primary N) is 1. The fraction of sp³-hybridized carbons (Fsp3) is 0.269. The summed E-state index contributed by atoms with van der Waals surface area (Å²) in [7, 11) is 0. The molecule has 2 N–H and O–H groups in total. The van der Waals surface area contributed by atoms with Crippen molar-refractivity contribution in [3.8, 4) is 11.3 Å². The number of hydrogen-bond acceptors (Lipinski definition) is 3. The van der Waals surface area contributed by atoms with Crippen LogP contribution in [0.3, 0.4) is 0 Å². The van der Waals surface area contributed by atoms with Crippen molar-refractivity contribution in [2.45, 2.75) is 31.6 Å². The number of benzene rings is 2. The van der Waals surface area contributed by atoms with Gasteiger partial charge in [-0.05, 0) is 49.1 Å². The summed E-state index contributed by atoms with van der Waals surface area (Å²) < 4.78 is 0. The summed E-state index contributed by atoms with van der Waals surface area (Å²) >= 11 is 0. The van der Waals surface area contributed by atoms with Crippen molar-refractivity contribution in [2.24, 2.45) is 5.73 Å². The van der Waals surface area contributed by atoms with E-state index in [2.05, 4.69) is 12.1 Å². The van der Waals surface area contributed by atoms with Gasteiger partial charge in [-0.1, -0.05) is 48.5 Å². The zero-order valence-electron chi connectivity index (χ0n) is 17.5. The lowest BCUT2D eigenvalue weighted by Gasteiger charge is -2.32. The molecule has 0 radical (unpaired) electrons. The second-order valence-corrected chi connectivity index (χ2v) is 8.06. The molecule has 2 aromatic carbocycles. The van der Waals surface area contributed by atoms with Crippen LogP contribution in [0.1, 0.15) is 46.8 Å². The molecule has 4 rings (SSSR count). The summed E-state index contributed by atoms with van der Waals surface area (Å²) in [4.78, 5) is 31.2. The van der Waals surface area contributed by atoms with Gasteiger partial charge >= 0.3 is 0 Å². The standard InChI is InChI=1S/C26H27N3O2/c27-26(31)21-10-4-9-20(17-21)23-12-5-13-24(28-23)22-11-6-16-29(18-22)25(30)15-14-19-7-2-1-3-8-19/h1-5,7-10,12-13,17,22H,6,11,14-16,18H2,(H2,27,31). The van der Waals surface area contributed by atoms with Gasteiger partial charge < -0.3 is 10.6 Å². The normalized spacial score (nSPS) is 16.1. The van der Waals surface area contributed by atoms with Crippen LogP contribution >= 0.6 is 0 Å². The fourth-order valence-electron chi connectivity index (χ4n) is 4.17. The van der Waals surface area contributed by atoms with Gasteiger partial charge in [0.2, 0.25) is 11.8 Å². The minimum atomic E-state index is -0.449. The van der Waals surface area contributed by atoms with Crippen molar-refractivity contribution >= 4 is 11.8 Å². The lowest BCUT2D eigenvalue weighted by molar-refractivity contribution is -0.132. The first-order valence-electron chi connectivity index (χ1n) is 10.8. The Balaban J connectivity index is 1.45. The molecule has 2 amide bonds. The molecule has 1 atom stereocenters. The number of hydrogen-bond donors (Lipinski definition) is 1. The summed E-state index contributed by atoms with van der Waals surface area (Å²) in [6.07, 6.45) is 3.29. The highest BCUT2D eigenvalue weighted by Crippen LogP contribution is 2.28. The lowest BCUT2D eigenvalue weighted by Crippen LogP contribution is -2.39. The Morgan fingerprint density at radius 2 is 1.81 bits per heavy atom. The van der Waals surface area contributed by atoms with Crippen LogP contribution in [0.5, 0.6) is 0 Å². The number of aryl methyl sites for hydroxylation is 1. The molecule has 1 unspecified atom stereocenters. The SMILES string of the molecule is NC(=O)c1cccc(-c2cccc(C3CCCN(C(=O)CCc4ccccc4)C3)n2)c1. The molecule has 5 heteroatoms. The summed E-state index contributed by atoms with van der Waals surface area (Å²) in [5.74, 6) is -0.0255. The molecule has 158 valence electrons. The second kappa shape index (κ2) is 9.56. The third kappa shape index (κ3) is 5.18. The minimum Gasteiger partial charge on any atom is -0.366 e. The van der Waals surface area contributed by atoms with E-state index in [1.807, 2.05) is 53.4 Å². The number of piperidine rings is 1. The summed E-state index contributed by atoms with van der Waals surface area (Å²) in [6, 6.07) is 23.3. The van der Waals surface area contributed by atoms with Crippen LogP contribution in [0.25, 0.3) is 11.3 Å². The van der Waals surface area contributed by atoms with Gasteiger partial charge in [0, 0.05) is 42.2 Å². The van der Waals surface area contributed by atoms with Gasteiger partial charge in [0.1, 0.15) is 0 Å². The summed E-state index contributed by atoms with van der Waals surface area (Å²) in [6.45, 7) is 1.51. The van der Waals surface area contributed by atoms with Crippen LogP contribution in [-0.2, 0) is 11.2 Å².